The number of hydrogen-bond acceptors (Lipinski definition) is 6. The molecule has 0 spiro atoms. The van der Waals surface area contributed by atoms with Crippen LogP contribution in [0.4, 0.5) is 0 Å². The topological polar surface area (TPSA) is 165 Å². The molecule has 27 heavy (non-hydrogen) atoms. The number of hydrogen-bond donors (Lipinski definition) is 4. The standard InChI is InChI=1S/C16H18N4O6S/c1-8-6-12(26-27(23,24)25)13-11(21)4-2-3-5-20-10(7-9(8)14(13)20)15(22)19-16(17)18/h6-7H,2-5H2,1H3,(H,23,24,25)(H4,17,18,19,22). The number of ketones is 1. The van der Waals surface area contributed by atoms with Crippen LogP contribution in [0, 0.1) is 12.3 Å². The molecular weight excluding hydrogens is 376 g/mol. The monoisotopic (exact) mass is 394 g/mol. The molecule has 0 fully saturated rings. The number of carbonyl (C=O) groups is 2. The summed E-state index contributed by atoms with van der Waals surface area (Å²) in [5.74, 6) is -1.77. The minimum absolute atomic E-state index is 0.00481. The molecule has 2 heterocycles. The molecular formula is C16H18N4O6S. The summed E-state index contributed by atoms with van der Waals surface area (Å²) in [5, 5.41) is 10.0. The van der Waals surface area contributed by atoms with Crippen LogP contribution in [0.2, 0.25) is 0 Å². The van der Waals surface area contributed by atoms with E-state index >= 15 is 0 Å². The molecule has 3 rings (SSSR count). The number of nitrogens with zero attached hydrogens (tertiary/aromatic N) is 1. The highest BCUT2D eigenvalue weighted by atomic mass is 32.3. The number of rotatable bonds is 3. The van der Waals surface area contributed by atoms with Gasteiger partial charge in [-0.05, 0) is 37.5 Å². The van der Waals surface area contributed by atoms with E-state index in [2.05, 4.69) is 9.50 Å². The zero-order chi connectivity index (χ0) is 19.9. The quantitative estimate of drug-likeness (QED) is 0.344. The van der Waals surface area contributed by atoms with Gasteiger partial charge >= 0.3 is 10.4 Å². The first-order valence-corrected chi connectivity index (χ1v) is 9.47. The maximum Gasteiger partial charge on any atom is 0.446 e. The van der Waals surface area contributed by atoms with Crippen molar-refractivity contribution in [3.63, 3.8) is 0 Å². The molecule has 1 aromatic carbocycles. The van der Waals surface area contributed by atoms with Gasteiger partial charge in [-0.25, -0.2) is 0 Å². The Balaban J connectivity index is 2.36. The predicted octanol–water partition coefficient (Wildman–Crippen LogP) is 1.12. The second-order valence-electron chi connectivity index (χ2n) is 6.27. The fraction of sp³-hybridized carbons (Fsp3) is 0.312. The van der Waals surface area contributed by atoms with Gasteiger partial charge in [0, 0.05) is 18.4 Å². The van der Waals surface area contributed by atoms with Gasteiger partial charge in [-0.3, -0.25) is 24.9 Å². The summed E-state index contributed by atoms with van der Waals surface area (Å²) < 4.78 is 37.8. The molecule has 5 N–H and O–H groups in total. The normalized spacial score (nSPS) is 14.5. The summed E-state index contributed by atoms with van der Waals surface area (Å²) in [5.41, 5.74) is 6.32. The summed E-state index contributed by atoms with van der Waals surface area (Å²) >= 11 is 0. The van der Waals surface area contributed by atoms with Crippen LogP contribution < -0.4 is 15.2 Å². The molecule has 0 radical (unpaired) electrons. The molecule has 0 saturated carbocycles. The van der Waals surface area contributed by atoms with Crippen LogP contribution >= 0.6 is 0 Å². The molecule has 0 saturated heterocycles. The van der Waals surface area contributed by atoms with Crippen molar-refractivity contribution in [3.8, 4) is 5.75 Å². The third-order valence-corrected chi connectivity index (χ3v) is 4.73. The second kappa shape index (κ2) is 6.67. The molecule has 1 amide bonds. The molecule has 1 aliphatic heterocycles. The molecule has 1 aliphatic rings. The van der Waals surface area contributed by atoms with E-state index in [1.165, 1.54) is 6.07 Å². The Morgan fingerprint density at radius 1 is 1.37 bits per heavy atom. The van der Waals surface area contributed by atoms with E-state index in [1.54, 1.807) is 17.6 Å². The number of aryl methyl sites for hydroxylation is 2. The molecule has 0 unspecified atom stereocenters. The lowest BCUT2D eigenvalue weighted by atomic mass is 9.98. The first-order chi connectivity index (χ1) is 12.6. The maximum absolute atomic E-state index is 12.7. The van der Waals surface area contributed by atoms with Crippen LogP contribution in [-0.2, 0) is 16.9 Å². The van der Waals surface area contributed by atoms with Gasteiger partial charge in [0.25, 0.3) is 5.91 Å². The SMILES string of the molecule is Cc1cc(OS(=O)(=O)O)c2c3c1cc(C(=O)NC(=N)N)n3CCCCC2=O. The van der Waals surface area contributed by atoms with E-state index < -0.39 is 22.3 Å². The van der Waals surface area contributed by atoms with Crippen molar-refractivity contribution in [3.05, 3.63) is 29.0 Å². The van der Waals surface area contributed by atoms with Crippen LogP contribution in [-0.4, -0.2) is 35.2 Å². The van der Waals surface area contributed by atoms with E-state index in [0.717, 1.165) is 0 Å². The molecule has 0 aliphatic carbocycles. The smallest absolute Gasteiger partial charge is 0.370 e. The largest absolute Gasteiger partial charge is 0.446 e. The number of guanidine groups is 1. The van der Waals surface area contributed by atoms with Crippen molar-refractivity contribution in [2.45, 2.75) is 32.7 Å². The molecule has 10 nitrogen and oxygen atoms in total. The van der Waals surface area contributed by atoms with E-state index in [-0.39, 0.29) is 29.2 Å². The highest BCUT2D eigenvalue weighted by Crippen LogP contribution is 2.36. The number of amides is 1. The van der Waals surface area contributed by atoms with Crippen LogP contribution in [0.25, 0.3) is 10.9 Å². The van der Waals surface area contributed by atoms with Crippen molar-refractivity contribution < 1.29 is 26.7 Å². The highest BCUT2D eigenvalue weighted by Gasteiger charge is 2.28. The predicted molar refractivity (Wildman–Crippen MR) is 96.4 cm³/mol. The Hall–Kier alpha value is -2.92. The number of nitrogens with one attached hydrogen (secondary N) is 2. The number of nitrogens with two attached hydrogens (primary N) is 1. The van der Waals surface area contributed by atoms with Crippen molar-refractivity contribution in [2.75, 3.05) is 0 Å². The molecule has 1 aromatic heterocycles. The average Bonchev–Trinajstić information content (AvgIpc) is 2.87. The van der Waals surface area contributed by atoms with Crippen molar-refractivity contribution in [1.82, 2.24) is 9.88 Å². The molecule has 0 atom stereocenters. The van der Waals surface area contributed by atoms with Crippen molar-refractivity contribution >= 4 is 39.0 Å². The molecule has 144 valence electrons. The van der Waals surface area contributed by atoms with Gasteiger partial charge in [-0.2, -0.15) is 8.42 Å². The van der Waals surface area contributed by atoms with Gasteiger partial charge in [0.15, 0.2) is 17.5 Å². The van der Waals surface area contributed by atoms with E-state index in [9.17, 15) is 18.0 Å². The van der Waals surface area contributed by atoms with Crippen molar-refractivity contribution in [1.29, 1.82) is 5.41 Å². The summed E-state index contributed by atoms with van der Waals surface area (Å²) in [4.78, 5) is 25.1. The lowest BCUT2D eigenvalue weighted by molar-refractivity contribution is 0.0956. The second-order valence-corrected chi connectivity index (χ2v) is 7.29. The Morgan fingerprint density at radius 2 is 2.07 bits per heavy atom. The first-order valence-electron chi connectivity index (χ1n) is 8.11. The zero-order valence-electron chi connectivity index (χ0n) is 14.4. The fourth-order valence-corrected chi connectivity index (χ4v) is 3.68. The third kappa shape index (κ3) is 3.64. The van der Waals surface area contributed by atoms with Gasteiger partial charge in [-0.1, -0.05) is 0 Å². The lowest BCUT2D eigenvalue weighted by Crippen LogP contribution is -2.36. The summed E-state index contributed by atoms with van der Waals surface area (Å²) in [6, 6.07) is 2.89. The van der Waals surface area contributed by atoms with Crippen molar-refractivity contribution in [2.24, 2.45) is 5.73 Å². The zero-order valence-corrected chi connectivity index (χ0v) is 15.2. The van der Waals surface area contributed by atoms with E-state index in [0.29, 0.717) is 35.9 Å². The highest BCUT2D eigenvalue weighted by molar-refractivity contribution is 7.81. The Bertz CT molecular complexity index is 1090. The van der Waals surface area contributed by atoms with Crippen LogP contribution in [0.1, 0.15) is 45.7 Å². The van der Waals surface area contributed by atoms with Crippen LogP contribution in [0.5, 0.6) is 5.75 Å². The Morgan fingerprint density at radius 3 is 2.70 bits per heavy atom. The first kappa shape index (κ1) is 18.9. The van der Waals surface area contributed by atoms with Gasteiger partial charge in [0.1, 0.15) is 5.69 Å². The van der Waals surface area contributed by atoms with Gasteiger partial charge < -0.3 is 14.5 Å². The van der Waals surface area contributed by atoms with E-state index in [1.807, 2.05) is 0 Å². The Labute approximate surface area is 154 Å². The van der Waals surface area contributed by atoms with Crippen LogP contribution in [0.3, 0.4) is 0 Å². The molecule has 2 aromatic rings. The van der Waals surface area contributed by atoms with Gasteiger partial charge in [0.05, 0.1) is 11.1 Å². The summed E-state index contributed by atoms with van der Waals surface area (Å²) in [6.07, 6.45) is 1.34. The summed E-state index contributed by atoms with van der Waals surface area (Å²) in [7, 11) is -4.84. The number of aromatic nitrogens is 1. The average molecular weight is 394 g/mol. The lowest BCUT2D eigenvalue weighted by Gasteiger charge is -2.18. The fourth-order valence-electron chi connectivity index (χ4n) is 3.32. The molecule has 11 heteroatoms. The van der Waals surface area contributed by atoms with Crippen LogP contribution in [0.15, 0.2) is 12.1 Å². The number of Topliss-reactive ketones (excluding diaryl/α,β-unsaturated/α-hetero) is 1. The summed E-state index contributed by atoms with van der Waals surface area (Å²) in [6.45, 7) is 2.06. The van der Waals surface area contributed by atoms with Gasteiger partial charge in [-0.15, -0.1) is 0 Å². The minimum atomic E-state index is -4.84. The molecule has 0 bridgehead atoms. The maximum atomic E-state index is 12.7. The Kier molecular flexibility index (Phi) is 4.66. The number of carbonyl (C=O) groups excluding carboxylic acids is 2. The number of benzene rings is 1. The minimum Gasteiger partial charge on any atom is -0.370 e. The third-order valence-electron chi connectivity index (χ3n) is 4.34. The van der Waals surface area contributed by atoms with E-state index in [4.69, 9.17) is 15.7 Å². The van der Waals surface area contributed by atoms with Gasteiger partial charge in [0.2, 0.25) is 0 Å².